The van der Waals surface area contributed by atoms with Crippen LogP contribution in [0.4, 0.5) is 0 Å². The van der Waals surface area contributed by atoms with E-state index in [-0.39, 0.29) is 11.9 Å². The molecule has 3 heterocycles. The first-order chi connectivity index (χ1) is 10.1. The minimum Gasteiger partial charge on any atom is -0.344 e. The second-order valence-corrected chi connectivity index (χ2v) is 5.71. The van der Waals surface area contributed by atoms with Gasteiger partial charge in [-0.2, -0.15) is 10.2 Å². The second-order valence-electron chi connectivity index (χ2n) is 5.71. The molecule has 1 aliphatic rings. The quantitative estimate of drug-likeness (QED) is 0.935. The molecule has 2 aromatic heterocycles. The third kappa shape index (κ3) is 2.57. The summed E-state index contributed by atoms with van der Waals surface area (Å²) in [6.45, 7) is 4.89. The Hall–Kier alpha value is -2.11. The van der Waals surface area contributed by atoms with Crippen molar-refractivity contribution in [2.24, 2.45) is 7.05 Å². The van der Waals surface area contributed by atoms with Gasteiger partial charge in [0.1, 0.15) is 5.69 Å². The average molecular weight is 287 g/mol. The minimum atomic E-state index is -0.118. The molecule has 0 spiro atoms. The highest BCUT2D eigenvalue weighted by atomic mass is 16.2. The number of aryl methyl sites for hydroxylation is 3. The molecule has 0 fully saturated rings. The molecule has 3 rings (SSSR count). The summed E-state index contributed by atoms with van der Waals surface area (Å²) in [7, 11) is 1.90. The van der Waals surface area contributed by atoms with E-state index in [2.05, 4.69) is 15.5 Å². The zero-order chi connectivity index (χ0) is 15.0. The SMILES string of the molecule is Cc1c(C(C)NC(=O)c2cc3n(n2)CCCC3)cnn1C. The van der Waals surface area contributed by atoms with Crippen LogP contribution in [0, 0.1) is 6.92 Å². The van der Waals surface area contributed by atoms with Crippen molar-refractivity contribution >= 4 is 5.91 Å². The molecule has 1 amide bonds. The maximum atomic E-state index is 12.4. The van der Waals surface area contributed by atoms with Gasteiger partial charge in [-0.25, -0.2) is 0 Å². The smallest absolute Gasteiger partial charge is 0.272 e. The minimum absolute atomic E-state index is 0.0788. The molecule has 0 saturated heterocycles. The maximum absolute atomic E-state index is 12.4. The van der Waals surface area contributed by atoms with E-state index in [4.69, 9.17) is 0 Å². The van der Waals surface area contributed by atoms with Gasteiger partial charge in [-0.3, -0.25) is 14.2 Å². The molecule has 6 heteroatoms. The Balaban J connectivity index is 1.74. The summed E-state index contributed by atoms with van der Waals surface area (Å²) < 4.78 is 3.77. The van der Waals surface area contributed by atoms with Gasteiger partial charge in [0.25, 0.3) is 5.91 Å². The molecule has 1 atom stereocenters. The molecule has 0 radical (unpaired) electrons. The summed E-state index contributed by atoms with van der Waals surface area (Å²) in [4.78, 5) is 12.4. The van der Waals surface area contributed by atoms with E-state index in [0.29, 0.717) is 5.69 Å². The number of nitrogens with one attached hydrogen (secondary N) is 1. The van der Waals surface area contributed by atoms with Crippen LogP contribution in [0.1, 0.15) is 53.2 Å². The number of carbonyl (C=O) groups excluding carboxylic acids is 1. The van der Waals surface area contributed by atoms with E-state index >= 15 is 0 Å². The molecular formula is C15H21N5O. The fourth-order valence-electron chi connectivity index (χ4n) is 2.82. The predicted octanol–water partition coefficient (Wildman–Crippen LogP) is 1.75. The van der Waals surface area contributed by atoms with Crippen LogP contribution in [0.5, 0.6) is 0 Å². The normalized spacial score (nSPS) is 15.6. The van der Waals surface area contributed by atoms with E-state index in [9.17, 15) is 4.79 Å². The van der Waals surface area contributed by atoms with Crippen LogP contribution in [-0.4, -0.2) is 25.5 Å². The monoisotopic (exact) mass is 287 g/mol. The predicted molar refractivity (Wildman–Crippen MR) is 79.0 cm³/mol. The van der Waals surface area contributed by atoms with Gasteiger partial charge in [0, 0.05) is 30.5 Å². The maximum Gasteiger partial charge on any atom is 0.272 e. The Morgan fingerprint density at radius 3 is 2.90 bits per heavy atom. The lowest BCUT2D eigenvalue weighted by Gasteiger charge is -2.13. The van der Waals surface area contributed by atoms with Crippen molar-refractivity contribution in [1.82, 2.24) is 24.9 Å². The number of rotatable bonds is 3. The van der Waals surface area contributed by atoms with Crippen LogP contribution in [0.15, 0.2) is 12.3 Å². The molecule has 0 aliphatic carbocycles. The average Bonchev–Trinajstić information content (AvgIpc) is 3.03. The van der Waals surface area contributed by atoms with Crippen molar-refractivity contribution in [3.63, 3.8) is 0 Å². The zero-order valence-corrected chi connectivity index (χ0v) is 12.8. The zero-order valence-electron chi connectivity index (χ0n) is 12.8. The van der Waals surface area contributed by atoms with Crippen LogP contribution in [-0.2, 0) is 20.0 Å². The second kappa shape index (κ2) is 5.35. The van der Waals surface area contributed by atoms with Gasteiger partial charge in [-0.05, 0) is 39.2 Å². The molecular weight excluding hydrogens is 266 g/mol. The van der Waals surface area contributed by atoms with Crippen LogP contribution in [0.3, 0.4) is 0 Å². The van der Waals surface area contributed by atoms with Gasteiger partial charge in [0.05, 0.1) is 12.2 Å². The van der Waals surface area contributed by atoms with Crippen molar-refractivity contribution in [3.8, 4) is 0 Å². The highest BCUT2D eigenvalue weighted by Crippen LogP contribution is 2.18. The highest BCUT2D eigenvalue weighted by molar-refractivity contribution is 5.92. The number of carbonyl (C=O) groups is 1. The summed E-state index contributed by atoms with van der Waals surface area (Å²) >= 11 is 0. The Kier molecular flexibility index (Phi) is 3.53. The van der Waals surface area contributed by atoms with E-state index in [1.165, 1.54) is 6.42 Å². The molecule has 6 nitrogen and oxygen atoms in total. The first-order valence-electron chi connectivity index (χ1n) is 7.42. The summed E-state index contributed by atoms with van der Waals surface area (Å²) in [5.41, 5.74) is 3.78. The Labute approximate surface area is 124 Å². The lowest BCUT2D eigenvalue weighted by atomic mass is 10.1. The molecule has 112 valence electrons. The Morgan fingerprint density at radius 1 is 1.43 bits per heavy atom. The van der Waals surface area contributed by atoms with E-state index < -0.39 is 0 Å². The number of hydrogen-bond acceptors (Lipinski definition) is 3. The molecule has 0 aromatic carbocycles. The highest BCUT2D eigenvalue weighted by Gasteiger charge is 2.20. The van der Waals surface area contributed by atoms with Crippen LogP contribution >= 0.6 is 0 Å². The number of nitrogens with zero attached hydrogens (tertiary/aromatic N) is 4. The molecule has 0 bridgehead atoms. The van der Waals surface area contributed by atoms with Crippen molar-refractivity contribution in [2.45, 2.75) is 45.7 Å². The fraction of sp³-hybridized carbons (Fsp3) is 0.533. The molecule has 1 N–H and O–H groups in total. The third-order valence-corrected chi connectivity index (χ3v) is 4.24. The molecule has 0 saturated carbocycles. The Bertz CT molecular complexity index is 646. The number of aromatic nitrogens is 4. The summed E-state index contributed by atoms with van der Waals surface area (Å²) in [5, 5.41) is 11.6. The lowest BCUT2D eigenvalue weighted by molar-refractivity contribution is 0.0934. The number of hydrogen-bond donors (Lipinski definition) is 1. The van der Waals surface area contributed by atoms with Gasteiger partial charge < -0.3 is 5.32 Å². The van der Waals surface area contributed by atoms with E-state index in [0.717, 1.165) is 36.3 Å². The van der Waals surface area contributed by atoms with Gasteiger partial charge >= 0.3 is 0 Å². The summed E-state index contributed by atoms with van der Waals surface area (Å²) in [5.74, 6) is -0.118. The van der Waals surface area contributed by atoms with Gasteiger partial charge in [0.15, 0.2) is 0 Å². The Morgan fingerprint density at radius 2 is 2.24 bits per heavy atom. The summed E-state index contributed by atoms with van der Waals surface area (Å²) in [6.07, 6.45) is 5.13. The van der Waals surface area contributed by atoms with Crippen LogP contribution in [0.25, 0.3) is 0 Å². The van der Waals surface area contributed by atoms with Gasteiger partial charge in [-0.15, -0.1) is 0 Å². The summed E-state index contributed by atoms with van der Waals surface area (Å²) in [6, 6.07) is 1.84. The first kappa shape index (κ1) is 13.9. The third-order valence-electron chi connectivity index (χ3n) is 4.24. The standard InChI is InChI=1S/C15H21N5O/c1-10(13-9-16-19(3)11(13)2)17-15(21)14-8-12-6-4-5-7-20(12)18-14/h8-10H,4-7H2,1-3H3,(H,17,21). The lowest BCUT2D eigenvalue weighted by Crippen LogP contribution is -2.27. The largest absolute Gasteiger partial charge is 0.344 e. The number of amides is 1. The van der Waals surface area contributed by atoms with Gasteiger partial charge in [0.2, 0.25) is 0 Å². The van der Waals surface area contributed by atoms with E-state index in [1.54, 1.807) is 6.20 Å². The van der Waals surface area contributed by atoms with E-state index in [1.807, 2.05) is 36.3 Å². The van der Waals surface area contributed by atoms with Crippen LogP contribution < -0.4 is 5.32 Å². The fourth-order valence-corrected chi connectivity index (χ4v) is 2.82. The molecule has 1 aliphatic heterocycles. The number of fused-ring (bicyclic) bond motifs is 1. The van der Waals surface area contributed by atoms with Crippen molar-refractivity contribution in [2.75, 3.05) is 0 Å². The topological polar surface area (TPSA) is 64.7 Å². The van der Waals surface area contributed by atoms with Gasteiger partial charge in [-0.1, -0.05) is 0 Å². The molecule has 21 heavy (non-hydrogen) atoms. The molecule has 1 unspecified atom stereocenters. The van der Waals surface area contributed by atoms with Crippen molar-refractivity contribution in [3.05, 3.63) is 34.9 Å². The first-order valence-corrected chi connectivity index (χ1v) is 7.42. The molecule has 2 aromatic rings. The van der Waals surface area contributed by atoms with Crippen molar-refractivity contribution < 1.29 is 4.79 Å². The van der Waals surface area contributed by atoms with Crippen molar-refractivity contribution in [1.29, 1.82) is 0 Å². The van der Waals surface area contributed by atoms with Crippen LogP contribution in [0.2, 0.25) is 0 Å².